The van der Waals surface area contributed by atoms with Crippen LogP contribution in [0.5, 0.6) is 0 Å². The Morgan fingerprint density at radius 2 is 2.29 bits per heavy atom. The molecule has 0 amide bonds. The van der Waals surface area contributed by atoms with Gasteiger partial charge in [0.15, 0.2) is 5.16 Å². The van der Waals surface area contributed by atoms with E-state index in [1.54, 1.807) is 0 Å². The highest BCUT2D eigenvalue weighted by molar-refractivity contribution is 9.10. The maximum absolute atomic E-state index is 11.8. The first-order valence-electron chi connectivity index (χ1n) is 4.85. The molecule has 1 aromatic carbocycles. The molecule has 0 saturated carbocycles. The number of thioether (sulfide) groups is 1. The predicted molar refractivity (Wildman–Crippen MR) is 71.6 cm³/mol. The van der Waals surface area contributed by atoms with Crippen LogP contribution in [0, 0.1) is 0 Å². The summed E-state index contributed by atoms with van der Waals surface area (Å²) in [6.07, 6.45) is 1.86. The highest BCUT2D eigenvalue weighted by atomic mass is 79.9. The monoisotopic (exact) mass is 310 g/mol. The molecule has 4 nitrogen and oxygen atoms in total. The first kappa shape index (κ1) is 10.9. The van der Waals surface area contributed by atoms with Gasteiger partial charge < -0.3 is 4.42 Å². The summed E-state index contributed by atoms with van der Waals surface area (Å²) in [6.45, 7) is 0. The number of benzene rings is 1. The van der Waals surface area contributed by atoms with Gasteiger partial charge in [-0.1, -0.05) is 27.7 Å². The third-order valence-corrected chi connectivity index (χ3v) is 3.53. The first-order valence-corrected chi connectivity index (χ1v) is 6.87. The number of H-pyrrole nitrogens is 1. The van der Waals surface area contributed by atoms with Gasteiger partial charge in [-0.3, -0.25) is 9.78 Å². The fraction of sp³-hybridized carbons (Fsp3) is 0.0909. The van der Waals surface area contributed by atoms with Crippen molar-refractivity contribution in [3.8, 4) is 0 Å². The number of nitrogens with one attached hydrogen (secondary N) is 1. The van der Waals surface area contributed by atoms with E-state index in [0.29, 0.717) is 16.3 Å². The van der Waals surface area contributed by atoms with Gasteiger partial charge in [0.1, 0.15) is 11.1 Å². The van der Waals surface area contributed by atoms with Gasteiger partial charge in [-0.2, -0.15) is 0 Å². The normalized spacial score (nSPS) is 11.4. The van der Waals surface area contributed by atoms with E-state index in [-0.39, 0.29) is 11.1 Å². The zero-order valence-corrected chi connectivity index (χ0v) is 11.2. The minimum Gasteiger partial charge on any atom is -0.449 e. The largest absolute Gasteiger partial charge is 0.449 e. The molecule has 17 heavy (non-hydrogen) atoms. The van der Waals surface area contributed by atoms with Crippen LogP contribution in [-0.2, 0) is 0 Å². The van der Waals surface area contributed by atoms with Gasteiger partial charge in [0.25, 0.3) is 5.56 Å². The van der Waals surface area contributed by atoms with Gasteiger partial charge in [0.05, 0.1) is 0 Å². The summed E-state index contributed by atoms with van der Waals surface area (Å²) in [5.41, 5.74) is 1.30. The van der Waals surface area contributed by atoms with Crippen molar-refractivity contribution in [3.63, 3.8) is 0 Å². The lowest BCUT2D eigenvalue weighted by atomic mass is 10.2. The Morgan fingerprint density at radius 3 is 3.06 bits per heavy atom. The SMILES string of the molecule is CSc1nc2c(oc3ccc(Br)cc32)c(=O)[nH]1. The molecular formula is C11H7BrN2O2S. The summed E-state index contributed by atoms with van der Waals surface area (Å²) in [6, 6.07) is 5.59. The Balaban J connectivity index is 2.54. The van der Waals surface area contributed by atoms with Crippen LogP contribution in [0.2, 0.25) is 0 Å². The molecule has 0 spiro atoms. The number of furan rings is 1. The van der Waals surface area contributed by atoms with Crippen molar-refractivity contribution in [3.05, 3.63) is 33.0 Å². The van der Waals surface area contributed by atoms with E-state index in [2.05, 4.69) is 25.9 Å². The molecule has 2 heterocycles. The number of aromatic amines is 1. The van der Waals surface area contributed by atoms with Crippen molar-refractivity contribution in [2.24, 2.45) is 0 Å². The zero-order valence-electron chi connectivity index (χ0n) is 8.78. The van der Waals surface area contributed by atoms with Crippen LogP contribution >= 0.6 is 27.7 Å². The van der Waals surface area contributed by atoms with Crippen LogP contribution in [0.15, 0.2) is 37.0 Å². The Hall–Kier alpha value is -1.27. The first-order chi connectivity index (χ1) is 8.19. The summed E-state index contributed by atoms with van der Waals surface area (Å²) >= 11 is 4.79. The molecule has 0 fully saturated rings. The Kier molecular flexibility index (Phi) is 2.48. The Labute approximate surface area is 109 Å². The highest BCUT2D eigenvalue weighted by Crippen LogP contribution is 2.28. The van der Waals surface area contributed by atoms with Crippen molar-refractivity contribution in [2.75, 3.05) is 6.26 Å². The third kappa shape index (κ3) is 1.68. The van der Waals surface area contributed by atoms with Gasteiger partial charge in [-0.15, -0.1) is 0 Å². The number of nitrogens with zero attached hydrogens (tertiary/aromatic N) is 1. The molecule has 0 aliphatic carbocycles. The van der Waals surface area contributed by atoms with Crippen molar-refractivity contribution in [2.45, 2.75) is 5.16 Å². The minimum atomic E-state index is -0.244. The van der Waals surface area contributed by atoms with Gasteiger partial charge in [-0.25, -0.2) is 4.98 Å². The van der Waals surface area contributed by atoms with Gasteiger partial charge >= 0.3 is 0 Å². The van der Waals surface area contributed by atoms with Crippen LogP contribution < -0.4 is 5.56 Å². The summed E-state index contributed by atoms with van der Waals surface area (Å²) in [7, 11) is 0. The van der Waals surface area contributed by atoms with Crippen LogP contribution in [0.25, 0.3) is 22.1 Å². The average molecular weight is 311 g/mol. The maximum atomic E-state index is 11.8. The standard InChI is InChI=1S/C11H7BrN2O2S/c1-17-11-13-8-6-4-5(12)2-3-7(6)16-9(8)10(15)14-11/h2-4H,1H3,(H,13,14,15). The van der Waals surface area contributed by atoms with Crippen LogP contribution in [0.3, 0.4) is 0 Å². The van der Waals surface area contributed by atoms with E-state index in [1.807, 2.05) is 24.5 Å². The molecule has 0 unspecified atom stereocenters. The molecule has 6 heteroatoms. The topological polar surface area (TPSA) is 58.9 Å². The van der Waals surface area contributed by atoms with Crippen molar-refractivity contribution >= 4 is 49.8 Å². The molecule has 86 valence electrons. The summed E-state index contributed by atoms with van der Waals surface area (Å²) in [4.78, 5) is 18.8. The lowest BCUT2D eigenvalue weighted by Gasteiger charge is -1.94. The van der Waals surface area contributed by atoms with Crippen LogP contribution in [-0.4, -0.2) is 16.2 Å². The summed E-state index contributed by atoms with van der Waals surface area (Å²) in [5.74, 6) is 0. The molecule has 0 bridgehead atoms. The second-order valence-corrected chi connectivity index (χ2v) is 5.21. The molecule has 3 rings (SSSR count). The Bertz CT molecular complexity index is 778. The Morgan fingerprint density at radius 1 is 1.47 bits per heavy atom. The van der Waals surface area contributed by atoms with E-state index in [9.17, 15) is 4.79 Å². The predicted octanol–water partition coefficient (Wildman–Crippen LogP) is 3.15. The van der Waals surface area contributed by atoms with Crippen LogP contribution in [0.1, 0.15) is 0 Å². The van der Waals surface area contributed by atoms with Gasteiger partial charge in [0, 0.05) is 9.86 Å². The third-order valence-electron chi connectivity index (χ3n) is 2.46. The molecule has 3 aromatic rings. The molecule has 0 saturated heterocycles. The molecule has 0 aliphatic heterocycles. The number of hydrogen-bond donors (Lipinski definition) is 1. The van der Waals surface area contributed by atoms with Crippen molar-refractivity contribution in [1.82, 2.24) is 9.97 Å². The number of hydrogen-bond acceptors (Lipinski definition) is 4. The lowest BCUT2D eigenvalue weighted by Crippen LogP contribution is -2.07. The number of aromatic nitrogens is 2. The quantitative estimate of drug-likeness (QED) is 0.554. The maximum Gasteiger partial charge on any atom is 0.295 e. The molecule has 1 N–H and O–H groups in total. The van der Waals surface area contributed by atoms with E-state index in [1.165, 1.54) is 11.8 Å². The van der Waals surface area contributed by atoms with E-state index in [4.69, 9.17) is 4.42 Å². The van der Waals surface area contributed by atoms with E-state index < -0.39 is 0 Å². The smallest absolute Gasteiger partial charge is 0.295 e. The highest BCUT2D eigenvalue weighted by Gasteiger charge is 2.13. The molecule has 0 radical (unpaired) electrons. The fourth-order valence-electron chi connectivity index (χ4n) is 1.70. The van der Waals surface area contributed by atoms with Crippen molar-refractivity contribution in [1.29, 1.82) is 0 Å². The number of fused-ring (bicyclic) bond motifs is 3. The second-order valence-electron chi connectivity index (χ2n) is 3.50. The second kappa shape index (κ2) is 3.89. The lowest BCUT2D eigenvalue weighted by molar-refractivity contribution is 0.658. The molecule has 0 atom stereocenters. The van der Waals surface area contributed by atoms with Gasteiger partial charge in [-0.05, 0) is 24.5 Å². The number of halogens is 1. The van der Waals surface area contributed by atoms with E-state index >= 15 is 0 Å². The zero-order chi connectivity index (χ0) is 12.0. The van der Waals surface area contributed by atoms with Gasteiger partial charge in [0.2, 0.25) is 5.58 Å². The molecule has 0 aliphatic rings. The summed E-state index contributed by atoms with van der Waals surface area (Å²) < 4.78 is 6.43. The average Bonchev–Trinajstić information content (AvgIpc) is 2.68. The van der Waals surface area contributed by atoms with Crippen molar-refractivity contribution < 1.29 is 4.42 Å². The number of rotatable bonds is 1. The molecule has 2 aromatic heterocycles. The minimum absolute atomic E-state index is 0.244. The summed E-state index contributed by atoms with van der Waals surface area (Å²) in [5, 5.41) is 1.43. The fourth-order valence-corrected chi connectivity index (χ4v) is 2.44. The van der Waals surface area contributed by atoms with E-state index in [0.717, 1.165) is 9.86 Å². The van der Waals surface area contributed by atoms with Crippen LogP contribution in [0.4, 0.5) is 0 Å². The molecular weight excluding hydrogens is 304 g/mol.